The SMILES string of the molecule is Cc1cc(C(=O)O)ccc1N=Cc1cc(C)c(O)c(C)c1. The maximum atomic E-state index is 10.9. The van der Waals surface area contributed by atoms with Crippen molar-refractivity contribution >= 4 is 17.9 Å². The van der Waals surface area contributed by atoms with E-state index in [9.17, 15) is 9.90 Å². The number of aromatic hydroxyl groups is 1. The number of hydrogen-bond acceptors (Lipinski definition) is 3. The Bertz CT molecular complexity index is 710. The zero-order valence-corrected chi connectivity index (χ0v) is 12.2. The van der Waals surface area contributed by atoms with Crippen molar-refractivity contribution in [3.8, 4) is 5.75 Å². The molecule has 0 unspecified atom stereocenters. The van der Waals surface area contributed by atoms with Crippen LogP contribution < -0.4 is 0 Å². The minimum atomic E-state index is -0.946. The average Bonchev–Trinajstić information content (AvgIpc) is 2.43. The zero-order chi connectivity index (χ0) is 15.6. The van der Waals surface area contributed by atoms with Gasteiger partial charge < -0.3 is 10.2 Å². The lowest BCUT2D eigenvalue weighted by molar-refractivity contribution is 0.0697. The number of hydrogen-bond donors (Lipinski definition) is 2. The van der Waals surface area contributed by atoms with E-state index in [2.05, 4.69) is 4.99 Å². The molecule has 0 aliphatic carbocycles. The van der Waals surface area contributed by atoms with Crippen LogP contribution in [0.1, 0.15) is 32.6 Å². The molecule has 0 aromatic heterocycles. The van der Waals surface area contributed by atoms with Crippen LogP contribution in [0.5, 0.6) is 5.75 Å². The van der Waals surface area contributed by atoms with Crippen LogP contribution in [0, 0.1) is 20.8 Å². The molecule has 2 N–H and O–H groups in total. The van der Waals surface area contributed by atoms with E-state index in [0.717, 1.165) is 27.9 Å². The smallest absolute Gasteiger partial charge is 0.335 e. The lowest BCUT2D eigenvalue weighted by atomic mass is 10.1. The highest BCUT2D eigenvalue weighted by Crippen LogP contribution is 2.23. The third kappa shape index (κ3) is 3.28. The van der Waals surface area contributed by atoms with Gasteiger partial charge in [0.15, 0.2) is 0 Å². The predicted molar refractivity (Wildman–Crippen MR) is 83.0 cm³/mol. The van der Waals surface area contributed by atoms with Crippen molar-refractivity contribution in [2.45, 2.75) is 20.8 Å². The lowest BCUT2D eigenvalue weighted by Crippen LogP contribution is -1.96. The number of carbonyl (C=O) groups is 1. The van der Waals surface area contributed by atoms with Gasteiger partial charge in [-0.1, -0.05) is 0 Å². The van der Waals surface area contributed by atoms with Crippen LogP contribution in [0.2, 0.25) is 0 Å². The molecule has 108 valence electrons. The Labute approximate surface area is 123 Å². The molecule has 4 nitrogen and oxygen atoms in total. The van der Waals surface area contributed by atoms with Crippen LogP contribution in [0.4, 0.5) is 5.69 Å². The van der Waals surface area contributed by atoms with E-state index in [0.29, 0.717) is 5.75 Å². The number of rotatable bonds is 3. The monoisotopic (exact) mass is 283 g/mol. The largest absolute Gasteiger partial charge is 0.507 e. The Hall–Kier alpha value is -2.62. The number of benzene rings is 2. The molecule has 0 spiro atoms. The quantitative estimate of drug-likeness (QED) is 0.842. The second-order valence-electron chi connectivity index (χ2n) is 5.07. The van der Waals surface area contributed by atoms with Crippen LogP contribution in [0.3, 0.4) is 0 Å². The number of carboxylic acid groups (broad SMARTS) is 1. The Kier molecular flexibility index (Phi) is 4.08. The summed E-state index contributed by atoms with van der Waals surface area (Å²) in [6, 6.07) is 8.53. The van der Waals surface area contributed by atoms with E-state index >= 15 is 0 Å². The number of aromatic carboxylic acids is 1. The van der Waals surface area contributed by atoms with Crippen molar-refractivity contribution in [3.05, 3.63) is 58.1 Å². The first-order valence-corrected chi connectivity index (χ1v) is 6.56. The molecular weight excluding hydrogens is 266 g/mol. The molecular formula is C17H17NO3. The van der Waals surface area contributed by atoms with Crippen molar-refractivity contribution in [2.75, 3.05) is 0 Å². The minimum absolute atomic E-state index is 0.253. The van der Waals surface area contributed by atoms with Gasteiger partial charge in [-0.15, -0.1) is 0 Å². The van der Waals surface area contributed by atoms with Gasteiger partial charge in [-0.05, 0) is 73.4 Å². The van der Waals surface area contributed by atoms with Gasteiger partial charge in [-0.2, -0.15) is 0 Å². The summed E-state index contributed by atoms with van der Waals surface area (Å²) in [5.74, 6) is -0.646. The molecule has 0 atom stereocenters. The van der Waals surface area contributed by atoms with Crippen LogP contribution >= 0.6 is 0 Å². The van der Waals surface area contributed by atoms with E-state index in [1.165, 1.54) is 6.07 Å². The number of aryl methyl sites for hydroxylation is 3. The lowest BCUT2D eigenvalue weighted by Gasteiger charge is -2.05. The van der Waals surface area contributed by atoms with Crippen molar-refractivity contribution in [3.63, 3.8) is 0 Å². The van der Waals surface area contributed by atoms with Gasteiger partial charge in [0.25, 0.3) is 0 Å². The number of aliphatic imine (C=N–C) groups is 1. The maximum absolute atomic E-state index is 10.9. The highest BCUT2D eigenvalue weighted by atomic mass is 16.4. The summed E-state index contributed by atoms with van der Waals surface area (Å²) < 4.78 is 0. The number of phenolic OH excluding ortho intramolecular Hbond substituents is 1. The van der Waals surface area contributed by atoms with Crippen molar-refractivity contribution < 1.29 is 15.0 Å². The van der Waals surface area contributed by atoms with Crippen molar-refractivity contribution in [1.82, 2.24) is 0 Å². The Balaban J connectivity index is 2.31. The molecule has 2 rings (SSSR count). The van der Waals surface area contributed by atoms with E-state index in [1.807, 2.05) is 32.9 Å². The second-order valence-corrected chi connectivity index (χ2v) is 5.07. The average molecular weight is 283 g/mol. The molecule has 21 heavy (non-hydrogen) atoms. The number of nitrogens with zero attached hydrogens (tertiary/aromatic N) is 1. The Morgan fingerprint density at radius 2 is 1.67 bits per heavy atom. The highest BCUT2D eigenvalue weighted by molar-refractivity contribution is 5.89. The summed E-state index contributed by atoms with van der Waals surface area (Å²) in [6.45, 7) is 5.51. The van der Waals surface area contributed by atoms with E-state index < -0.39 is 5.97 Å². The molecule has 0 saturated carbocycles. The maximum Gasteiger partial charge on any atom is 0.335 e. The van der Waals surface area contributed by atoms with Gasteiger partial charge in [0.05, 0.1) is 11.3 Å². The number of phenols is 1. The molecule has 0 aliphatic rings. The molecule has 0 aliphatic heterocycles. The predicted octanol–water partition coefficient (Wildman–Crippen LogP) is 3.77. The van der Waals surface area contributed by atoms with Crippen LogP contribution in [-0.4, -0.2) is 22.4 Å². The van der Waals surface area contributed by atoms with Gasteiger partial charge in [0.1, 0.15) is 5.75 Å². The highest BCUT2D eigenvalue weighted by Gasteiger charge is 2.05. The standard InChI is InChI=1S/C17H17NO3/c1-10-8-14(17(20)21)4-5-15(10)18-9-13-6-11(2)16(19)12(3)7-13/h4-9,19H,1-3H3,(H,20,21). The molecule has 0 heterocycles. The Morgan fingerprint density at radius 1 is 1.05 bits per heavy atom. The molecule has 4 heteroatoms. The first-order valence-electron chi connectivity index (χ1n) is 6.56. The van der Waals surface area contributed by atoms with Crippen LogP contribution in [-0.2, 0) is 0 Å². The van der Waals surface area contributed by atoms with Gasteiger partial charge in [0, 0.05) is 6.21 Å². The first kappa shape index (κ1) is 14.8. The third-order valence-corrected chi connectivity index (χ3v) is 3.31. The van der Waals surface area contributed by atoms with Crippen LogP contribution in [0.15, 0.2) is 35.3 Å². The summed E-state index contributed by atoms with van der Waals surface area (Å²) in [4.78, 5) is 15.3. The fourth-order valence-corrected chi connectivity index (χ4v) is 2.14. The summed E-state index contributed by atoms with van der Waals surface area (Å²) in [6.07, 6.45) is 1.71. The molecule has 0 saturated heterocycles. The minimum Gasteiger partial charge on any atom is -0.507 e. The summed E-state index contributed by atoms with van der Waals surface area (Å²) in [7, 11) is 0. The Morgan fingerprint density at radius 3 is 2.19 bits per heavy atom. The summed E-state index contributed by atoms with van der Waals surface area (Å²) in [5, 5.41) is 18.7. The van der Waals surface area contributed by atoms with E-state index in [-0.39, 0.29) is 5.56 Å². The third-order valence-electron chi connectivity index (χ3n) is 3.31. The number of carboxylic acids is 1. The molecule has 0 fully saturated rings. The van der Waals surface area contributed by atoms with Gasteiger partial charge in [-0.3, -0.25) is 4.99 Å². The van der Waals surface area contributed by atoms with Gasteiger partial charge in [-0.25, -0.2) is 4.79 Å². The van der Waals surface area contributed by atoms with Crippen LogP contribution in [0.25, 0.3) is 0 Å². The van der Waals surface area contributed by atoms with Gasteiger partial charge >= 0.3 is 5.97 Å². The fraction of sp³-hybridized carbons (Fsp3) is 0.176. The second kappa shape index (κ2) is 5.79. The first-order chi connectivity index (χ1) is 9.88. The molecule has 0 amide bonds. The van der Waals surface area contributed by atoms with Crippen molar-refractivity contribution in [1.29, 1.82) is 0 Å². The molecule has 2 aromatic rings. The normalized spacial score (nSPS) is 11.0. The van der Waals surface area contributed by atoms with E-state index in [1.54, 1.807) is 18.3 Å². The van der Waals surface area contributed by atoms with Crippen molar-refractivity contribution in [2.24, 2.45) is 4.99 Å². The summed E-state index contributed by atoms with van der Waals surface area (Å²) in [5.41, 5.74) is 4.28. The summed E-state index contributed by atoms with van der Waals surface area (Å²) >= 11 is 0. The molecule has 0 bridgehead atoms. The van der Waals surface area contributed by atoms with E-state index in [4.69, 9.17) is 5.11 Å². The molecule has 0 radical (unpaired) electrons. The zero-order valence-electron chi connectivity index (χ0n) is 12.2. The fourth-order valence-electron chi connectivity index (χ4n) is 2.14. The molecule has 2 aromatic carbocycles. The topological polar surface area (TPSA) is 69.9 Å². The van der Waals surface area contributed by atoms with Gasteiger partial charge in [0.2, 0.25) is 0 Å².